The molecule has 1 amide bonds. The molecule has 0 atom stereocenters. The van der Waals surface area contributed by atoms with Crippen molar-refractivity contribution < 1.29 is 19.4 Å². The molecule has 0 aliphatic carbocycles. The van der Waals surface area contributed by atoms with E-state index >= 15 is 0 Å². The van der Waals surface area contributed by atoms with Crippen LogP contribution in [0.25, 0.3) is 0 Å². The van der Waals surface area contributed by atoms with Gasteiger partial charge in [-0.25, -0.2) is 4.79 Å². The number of aromatic nitrogens is 2. The molecule has 0 fully saturated rings. The largest absolute Gasteiger partial charge is 0.490 e. The van der Waals surface area contributed by atoms with Gasteiger partial charge in [0.1, 0.15) is 18.1 Å². The number of ether oxygens (including phenoxy) is 1. The Hall–Kier alpha value is -2.83. The summed E-state index contributed by atoms with van der Waals surface area (Å²) in [5, 5.41) is 13.0. The summed E-state index contributed by atoms with van der Waals surface area (Å²) in [6.07, 6.45) is 0. The lowest BCUT2D eigenvalue weighted by Crippen LogP contribution is -2.38. The second-order valence-corrected chi connectivity index (χ2v) is 4.81. The van der Waals surface area contributed by atoms with Crippen LogP contribution < -0.4 is 9.64 Å². The number of carbonyl (C=O) groups excluding carboxylic acids is 1. The lowest BCUT2D eigenvalue weighted by atomic mass is 10.2. The number of fused-ring (bicyclic) bond motifs is 1. The molecule has 0 saturated carbocycles. The van der Waals surface area contributed by atoms with E-state index in [1.165, 1.54) is 10.7 Å². The summed E-state index contributed by atoms with van der Waals surface area (Å²) in [7, 11) is 0. The topological polar surface area (TPSA) is 84.7 Å². The van der Waals surface area contributed by atoms with Crippen LogP contribution in [0.4, 0.5) is 5.69 Å². The molecule has 0 unspecified atom stereocenters. The van der Waals surface area contributed by atoms with E-state index in [-0.39, 0.29) is 17.3 Å². The number of anilines is 1. The van der Waals surface area contributed by atoms with Gasteiger partial charge in [-0.05, 0) is 19.1 Å². The number of carboxylic acids is 1. The minimum atomic E-state index is -1.15. The molecule has 114 valence electrons. The highest BCUT2D eigenvalue weighted by atomic mass is 16.5. The maximum Gasteiger partial charge on any atom is 0.356 e. The molecule has 22 heavy (non-hydrogen) atoms. The first-order chi connectivity index (χ1) is 10.6. The molecule has 1 aromatic heterocycles. The molecule has 7 nitrogen and oxygen atoms in total. The lowest BCUT2D eigenvalue weighted by molar-refractivity contribution is 0.0689. The van der Waals surface area contributed by atoms with Crippen molar-refractivity contribution in [3.05, 3.63) is 41.7 Å². The molecule has 1 aliphatic rings. The summed E-state index contributed by atoms with van der Waals surface area (Å²) >= 11 is 0. The lowest BCUT2D eigenvalue weighted by Gasteiger charge is -2.29. The van der Waals surface area contributed by atoms with Crippen LogP contribution in [0.15, 0.2) is 30.3 Å². The number of para-hydroxylation sites is 2. The fourth-order valence-corrected chi connectivity index (χ4v) is 2.45. The second-order valence-electron chi connectivity index (χ2n) is 4.81. The zero-order valence-corrected chi connectivity index (χ0v) is 12.0. The Kier molecular flexibility index (Phi) is 3.54. The van der Waals surface area contributed by atoms with Gasteiger partial charge in [-0.1, -0.05) is 12.1 Å². The van der Waals surface area contributed by atoms with Crippen molar-refractivity contribution in [1.29, 1.82) is 0 Å². The van der Waals surface area contributed by atoms with Crippen LogP contribution in [-0.4, -0.2) is 39.9 Å². The highest BCUT2D eigenvalue weighted by Gasteiger charge is 2.28. The molecule has 2 heterocycles. The van der Waals surface area contributed by atoms with Crippen LogP contribution in [-0.2, 0) is 6.54 Å². The average Bonchev–Trinajstić information content (AvgIpc) is 2.98. The molecular formula is C15H15N3O4. The predicted octanol–water partition coefficient (Wildman–Crippen LogP) is 1.64. The van der Waals surface area contributed by atoms with Gasteiger partial charge >= 0.3 is 5.97 Å². The van der Waals surface area contributed by atoms with Crippen LogP contribution in [0, 0.1) is 0 Å². The Balaban J connectivity index is 2.00. The first-order valence-corrected chi connectivity index (χ1v) is 6.96. The molecule has 3 rings (SSSR count). The third kappa shape index (κ3) is 2.30. The van der Waals surface area contributed by atoms with Crippen LogP contribution >= 0.6 is 0 Å². The molecule has 1 N–H and O–H groups in total. The van der Waals surface area contributed by atoms with Crippen LogP contribution in [0.2, 0.25) is 0 Å². The number of aryl methyl sites for hydroxylation is 1. The SMILES string of the molecule is CCn1nc(C(=O)O)cc1C(=O)N1CCOc2ccccc21. The third-order valence-electron chi connectivity index (χ3n) is 3.49. The number of hydrogen-bond donors (Lipinski definition) is 1. The summed E-state index contributed by atoms with van der Waals surface area (Å²) in [4.78, 5) is 25.4. The van der Waals surface area contributed by atoms with E-state index in [2.05, 4.69) is 5.10 Å². The Morgan fingerprint density at radius 3 is 2.86 bits per heavy atom. The van der Waals surface area contributed by atoms with Gasteiger partial charge in [-0.2, -0.15) is 5.10 Å². The molecule has 1 aromatic carbocycles. The number of nitrogens with zero attached hydrogens (tertiary/aromatic N) is 3. The van der Waals surface area contributed by atoms with Crippen LogP contribution in [0.3, 0.4) is 0 Å². The average molecular weight is 301 g/mol. The fourth-order valence-electron chi connectivity index (χ4n) is 2.45. The Morgan fingerprint density at radius 1 is 1.36 bits per heavy atom. The van der Waals surface area contributed by atoms with Gasteiger partial charge in [0.15, 0.2) is 5.69 Å². The number of rotatable bonds is 3. The van der Waals surface area contributed by atoms with Gasteiger partial charge in [0, 0.05) is 12.6 Å². The molecule has 0 bridgehead atoms. The molecule has 0 spiro atoms. The number of aromatic carboxylic acids is 1. The second kappa shape index (κ2) is 5.51. The van der Waals surface area contributed by atoms with E-state index in [4.69, 9.17) is 9.84 Å². The van der Waals surface area contributed by atoms with Crippen molar-refractivity contribution in [2.75, 3.05) is 18.1 Å². The van der Waals surface area contributed by atoms with Crippen LogP contribution in [0.5, 0.6) is 5.75 Å². The minimum absolute atomic E-state index is 0.133. The maximum absolute atomic E-state index is 12.8. The Bertz CT molecular complexity index is 738. The number of carbonyl (C=O) groups is 2. The molecule has 2 aromatic rings. The predicted molar refractivity (Wildman–Crippen MR) is 78.5 cm³/mol. The van der Waals surface area contributed by atoms with Gasteiger partial charge in [-0.3, -0.25) is 9.48 Å². The highest BCUT2D eigenvalue weighted by Crippen LogP contribution is 2.32. The molecule has 7 heteroatoms. The van der Waals surface area contributed by atoms with Crippen molar-refractivity contribution in [3.8, 4) is 5.75 Å². The van der Waals surface area contributed by atoms with Gasteiger partial charge in [0.05, 0.1) is 12.2 Å². The van der Waals surface area contributed by atoms with Gasteiger partial charge in [0.25, 0.3) is 5.91 Å². The number of carboxylic acid groups (broad SMARTS) is 1. The molecular weight excluding hydrogens is 286 g/mol. The van der Waals surface area contributed by atoms with Crippen molar-refractivity contribution in [1.82, 2.24) is 9.78 Å². The Morgan fingerprint density at radius 2 is 2.14 bits per heavy atom. The summed E-state index contributed by atoms with van der Waals surface area (Å²) in [5.74, 6) is -0.788. The summed E-state index contributed by atoms with van der Waals surface area (Å²) in [5.41, 5.74) is 0.808. The van der Waals surface area contributed by atoms with Crippen molar-refractivity contribution in [2.24, 2.45) is 0 Å². The van der Waals surface area contributed by atoms with E-state index in [9.17, 15) is 9.59 Å². The molecule has 0 radical (unpaired) electrons. The van der Waals surface area contributed by atoms with Gasteiger partial charge < -0.3 is 14.7 Å². The number of hydrogen-bond acceptors (Lipinski definition) is 4. The highest BCUT2D eigenvalue weighted by molar-refractivity contribution is 6.07. The summed E-state index contributed by atoms with van der Waals surface area (Å²) in [6.45, 7) is 3.03. The quantitative estimate of drug-likeness (QED) is 0.931. The smallest absolute Gasteiger partial charge is 0.356 e. The maximum atomic E-state index is 12.8. The first kappa shape index (κ1) is 14.1. The summed E-state index contributed by atoms with van der Waals surface area (Å²) in [6, 6.07) is 8.58. The van der Waals surface area contributed by atoms with Crippen molar-refractivity contribution >= 4 is 17.6 Å². The zero-order valence-electron chi connectivity index (χ0n) is 12.0. The van der Waals surface area contributed by atoms with Gasteiger partial charge in [-0.15, -0.1) is 0 Å². The minimum Gasteiger partial charge on any atom is -0.490 e. The standard InChI is InChI=1S/C15H15N3O4/c1-2-18-12(9-10(16-18)15(20)21)14(19)17-7-8-22-13-6-4-3-5-11(13)17/h3-6,9H,2,7-8H2,1H3,(H,20,21). The van der Waals surface area contributed by atoms with Crippen molar-refractivity contribution in [2.45, 2.75) is 13.5 Å². The number of benzene rings is 1. The first-order valence-electron chi connectivity index (χ1n) is 6.96. The molecule has 1 aliphatic heterocycles. The van der Waals surface area contributed by atoms with Crippen LogP contribution in [0.1, 0.15) is 27.9 Å². The van der Waals surface area contributed by atoms with E-state index in [1.54, 1.807) is 17.0 Å². The van der Waals surface area contributed by atoms with E-state index in [1.807, 2.05) is 19.1 Å². The fraction of sp³-hybridized carbons (Fsp3) is 0.267. The monoisotopic (exact) mass is 301 g/mol. The van der Waals surface area contributed by atoms with Gasteiger partial charge in [0.2, 0.25) is 0 Å². The van der Waals surface area contributed by atoms with E-state index in [0.29, 0.717) is 31.1 Å². The number of amides is 1. The van der Waals surface area contributed by atoms with E-state index < -0.39 is 5.97 Å². The Labute approximate surface area is 126 Å². The normalized spacial score (nSPS) is 13.4. The van der Waals surface area contributed by atoms with E-state index in [0.717, 1.165) is 0 Å². The van der Waals surface area contributed by atoms with Crippen molar-refractivity contribution in [3.63, 3.8) is 0 Å². The zero-order chi connectivity index (χ0) is 15.7. The summed E-state index contributed by atoms with van der Waals surface area (Å²) < 4.78 is 6.94. The third-order valence-corrected chi connectivity index (χ3v) is 3.49. The molecule has 0 saturated heterocycles.